The Bertz CT molecular complexity index is 677. The first-order valence-corrected chi connectivity index (χ1v) is 6.93. The van der Waals surface area contributed by atoms with Gasteiger partial charge in [0.05, 0.1) is 0 Å². The van der Waals surface area contributed by atoms with Crippen LogP contribution < -0.4 is 11.1 Å². The average molecular weight is 266 g/mol. The zero-order chi connectivity index (χ0) is 14.1. The van der Waals surface area contributed by atoms with Gasteiger partial charge in [0.2, 0.25) is 0 Å². The van der Waals surface area contributed by atoms with Crippen molar-refractivity contribution in [2.45, 2.75) is 26.2 Å². The molecule has 2 aromatic rings. The molecule has 0 radical (unpaired) electrons. The van der Waals surface area contributed by atoms with Gasteiger partial charge in [-0.3, -0.25) is 4.79 Å². The number of nitrogen functional groups attached to an aromatic ring is 1. The Morgan fingerprint density at radius 2 is 1.90 bits per heavy atom. The summed E-state index contributed by atoms with van der Waals surface area (Å²) in [5, 5.41) is 2.94. The van der Waals surface area contributed by atoms with Gasteiger partial charge >= 0.3 is 0 Å². The van der Waals surface area contributed by atoms with E-state index in [0.717, 1.165) is 24.1 Å². The lowest BCUT2D eigenvalue weighted by atomic mass is 10.1. The molecule has 0 aromatic heterocycles. The Balaban J connectivity index is 1.80. The average Bonchev–Trinajstić information content (AvgIpc) is 2.89. The van der Waals surface area contributed by atoms with Gasteiger partial charge in [-0.1, -0.05) is 12.1 Å². The summed E-state index contributed by atoms with van der Waals surface area (Å²) in [6, 6.07) is 11.6. The van der Waals surface area contributed by atoms with Crippen LogP contribution in [0.3, 0.4) is 0 Å². The van der Waals surface area contributed by atoms with Gasteiger partial charge in [-0.05, 0) is 67.1 Å². The van der Waals surface area contributed by atoms with E-state index in [0.29, 0.717) is 11.3 Å². The van der Waals surface area contributed by atoms with Crippen molar-refractivity contribution in [3.63, 3.8) is 0 Å². The van der Waals surface area contributed by atoms with Crippen molar-refractivity contribution >= 4 is 17.3 Å². The molecule has 0 aliphatic heterocycles. The molecule has 1 amide bonds. The van der Waals surface area contributed by atoms with Crippen LogP contribution in [-0.4, -0.2) is 5.91 Å². The maximum Gasteiger partial charge on any atom is 0.255 e. The molecule has 0 unspecified atom stereocenters. The number of carbonyl (C=O) groups is 1. The van der Waals surface area contributed by atoms with Gasteiger partial charge < -0.3 is 11.1 Å². The van der Waals surface area contributed by atoms with Crippen LogP contribution in [0.4, 0.5) is 11.4 Å². The Morgan fingerprint density at radius 1 is 1.10 bits per heavy atom. The summed E-state index contributed by atoms with van der Waals surface area (Å²) in [7, 11) is 0. The highest BCUT2D eigenvalue weighted by molar-refractivity contribution is 6.04. The first-order valence-electron chi connectivity index (χ1n) is 6.93. The zero-order valence-electron chi connectivity index (χ0n) is 11.6. The maximum atomic E-state index is 12.2. The van der Waals surface area contributed by atoms with Crippen LogP contribution in [0, 0.1) is 6.92 Å². The molecule has 3 nitrogen and oxygen atoms in total. The molecular weight excluding hydrogens is 248 g/mol. The van der Waals surface area contributed by atoms with Gasteiger partial charge in [0.15, 0.2) is 0 Å². The monoisotopic (exact) mass is 266 g/mol. The summed E-state index contributed by atoms with van der Waals surface area (Å²) < 4.78 is 0. The summed E-state index contributed by atoms with van der Waals surface area (Å²) in [6.07, 6.45) is 3.47. The largest absolute Gasteiger partial charge is 0.398 e. The Labute approximate surface area is 118 Å². The standard InChI is InChI=1S/C17H18N2O/c1-11-5-6-14(10-16(11)18)17(20)19-15-8-7-12-3-2-4-13(12)9-15/h5-10H,2-4,18H2,1H3,(H,19,20). The van der Waals surface area contributed by atoms with E-state index in [9.17, 15) is 4.79 Å². The molecule has 2 aromatic carbocycles. The molecule has 0 atom stereocenters. The third-order valence-electron chi connectivity index (χ3n) is 3.90. The summed E-state index contributed by atoms with van der Waals surface area (Å²) in [5.41, 5.74) is 11.7. The van der Waals surface area contributed by atoms with E-state index < -0.39 is 0 Å². The lowest BCUT2D eigenvalue weighted by Crippen LogP contribution is -2.12. The first kappa shape index (κ1) is 12.7. The van der Waals surface area contributed by atoms with Crippen LogP contribution in [0.15, 0.2) is 36.4 Å². The highest BCUT2D eigenvalue weighted by Crippen LogP contribution is 2.25. The number of hydrogen-bond donors (Lipinski definition) is 2. The lowest BCUT2D eigenvalue weighted by Gasteiger charge is -2.09. The van der Waals surface area contributed by atoms with Gasteiger partial charge in [-0.15, -0.1) is 0 Å². The van der Waals surface area contributed by atoms with Crippen LogP contribution in [0.1, 0.15) is 33.5 Å². The number of hydrogen-bond acceptors (Lipinski definition) is 2. The van der Waals surface area contributed by atoms with Gasteiger partial charge in [0.1, 0.15) is 0 Å². The second-order valence-electron chi connectivity index (χ2n) is 5.36. The molecule has 0 fully saturated rings. The minimum Gasteiger partial charge on any atom is -0.398 e. The molecule has 0 heterocycles. The molecule has 0 saturated heterocycles. The number of benzene rings is 2. The molecule has 3 rings (SSSR count). The molecular formula is C17H18N2O. The predicted molar refractivity (Wildman–Crippen MR) is 82.0 cm³/mol. The fraction of sp³-hybridized carbons (Fsp3) is 0.235. The van der Waals surface area contributed by atoms with Crippen molar-refractivity contribution in [1.82, 2.24) is 0 Å². The van der Waals surface area contributed by atoms with Gasteiger partial charge in [-0.25, -0.2) is 0 Å². The number of nitrogens with one attached hydrogen (secondary N) is 1. The topological polar surface area (TPSA) is 55.1 Å². The minimum absolute atomic E-state index is 0.116. The van der Waals surface area contributed by atoms with Crippen molar-refractivity contribution in [2.75, 3.05) is 11.1 Å². The number of amides is 1. The summed E-state index contributed by atoms with van der Waals surface area (Å²) in [6.45, 7) is 1.93. The fourth-order valence-corrected chi connectivity index (χ4v) is 2.63. The highest BCUT2D eigenvalue weighted by Gasteiger charge is 2.12. The molecule has 1 aliphatic rings. The van der Waals surface area contributed by atoms with Crippen LogP contribution in [0.2, 0.25) is 0 Å². The van der Waals surface area contributed by atoms with E-state index in [2.05, 4.69) is 17.4 Å². The van der Waals surface area contributed by atoms with E-state index in [1.807, 2.05) is 19.1 Å². The van der Waals surface area contributed by atoms with Crippen molar-refractivity contribution in [1.29, 1.82) is 0 Å². The third kappa shape index (κ3) is 2.39. The van der Waals surface area contributed by atoms with Crippen LogP contribution >= 0.6 is 0 Å². The second-order valence-corrected chi connectivity index (χ2v) is 5.36. The molecule has 102 valence electrons. The molecule has 0 saturated carbocycles. The van der Waals surface area contributed by atoms with Crippen LogP contribution in [0.5, 0.6) is 0 Å². The van der Waals surface area contributed by atoms with Crippen molar-refractivity contribution < 1.29 is 4.79 Å². The Morgan fingerprint density at radius 3 is 2.70 bits per heavy atom. The number of nitrogens with two attached hydrogens (primary N) is 1. The summed E-state index contributed by atoms with van der Waals surface area (Å²) >= 11 is 0. The minimum atomic E-state index is -0.116. The van der Waals surface area contributed by atoms with Crippen molar-refractivity contribution in [3.05, 3.63) is 58.7 Å². The van der Waals surface area contributed by atoms with Gasteiger partial charge in [0, 0.05) is 16.9 Å². The molecule has 1 aliphatic carbocycles. The third-order valence-corrected chi connectivity index (χ3v) is 3.90. The summed E-state index contributed by atoms with van der Waals surface area (Å²) in [5.74, 6) is -0.116. The van der Waals surface area contributed by atoms with Gasteiger partial charge in [-0.2, -0.15) is 0 Å². The zero-order valence-corrected chi connectivity index (χ0v) is 11.6. The van der Waals surface area contributed by atoms with Gasteiger partial charge in [0.25, 0.3) is 5.91 Å². The number of aryl methyl sites for hydroxylation is 3. The van der Waals surface area contributed by atoms with Crippen LogP contribution in [0.25, 0.3) is 0 Å². The maximum absolute atomic E-state index is 12.2. The molecule has 20 heavy (non-hydrogen) atoms. The van der Waals surface area contributed by atoms with E-state index >= 15 is 0 Å². The quantitative estimate of drug-likeness (QED) is 0.819. The summed E-state index contributed by atoms with van der Waals surface area (Å²) in [4.78, 5) is 12.2. The molecule has 0 spiro atoms. The molecule has 3 N–H and O–H groups in total. The van der Waals surface area contributed by atoms with Crippen molar-refractivity contribution in [3.8, 4) is 0 Å². The number of rotatable bonds is 2. The van der Waals surface area contributed by atoms with E-state index in [1.165, 1.54) is 17.5 Å². The SMILES string of the molecule is Cc1ccc(C(=O)Nc2ccc3c(c2)CCC3)cc1N. The predicted octanol–water partition coefficient (Wildman–Crippen LogP) is 3.32. The number of anilines is 2. The Hall–Kier alpha value is -2.29. The molecule has 0 bridgehead atoms. The lowest BCUT2D eigenvalue weighted by molar-refractivity contribution is 0.102. The number of carbonyl (C=O) groups excluding carboxylic acids is 1. The van der Waals surface area contributed by atoms with E-state index in [1.54, 1.807) is 12.1 Å². The molecule has 3 heteroatoms. The van der Waals surface area contributed by atoms with E-state index in [4.69, 9.17) is 5.73 Å². The highest BCUT2D eigenvalue weighted by atomic mass is 16.1. The second kappa shape index (κ2) is 5.00. The number of fused-ring (bicyclic) bond motifs is 1. The normalized spacial score (nSPS) is 13.1. The van der Waals surface area contributed by atoms with Crippen molar-refractivity contribution in [2.24, 2.45) is 0 Å². The smallest absolute Gasteiger partial charge is 0.255 e. The first-order chi connectivity index (χ1) is 9.63. The van der Waals surface area contributed by atoms with Crippen LogP contribution in [-0.2, 0) is 12.8 Å². The Kier molecular flexibility index (Phi) is 3.18. The van der Waals surface area contributed by atoms with E-state index in [-0.39, 0.29) is 5.91 Å². The fourth-order valence-electron chi connectivity index (χ4n) is 2.63.